The Morgan fingerprint density at radius 1 is 0.771 bits per heavy atom. The van der Waals surface area contributed by atoms with E-state index in [1.54, 1.807) is 45.9 Å². The highest BCUT2D eigenvalue weighted by Gasteiger charge is 2.49. The minimum absolute atomic E-state index is 0.0430. The zero-order chi connectivity index (χ0) is 26.3. The number of rotatable bonds is 14. The minimum atomic E-state index is -2.18. The van der Waals surface area contributed by atoms with Crippen molar-refractivity contribution >= 4 is 29.8 Å². The molecule has 0 aliphatic heterocycles. The summed E-state index contributed by atoms with van der Waals surface area (Å²) < 4.78 is 20.1. The van der Waals surface area contributed by atoms with Gasteiger partial charge in [-0.3, -0.25) is 14.4 Å². The van der Waals surface area contributed by atoms with Crippen molar-refractivity contribution < 1.29 is 42.9 Å². The highest BCUT2D eigenvalue weighted by Crippen LogP contribution is 2.20. The summed E-state index contributed by atoms with van der Waals surface area (Å²) in [4.78, 5) is 63.1. The maximum Gasteiger partial charge on any atom is 0.344 e. The van der Waals surface area contributed by atoms with E-state index in [2.05, 4.69) is 5.32 Å². The second-order valence-corrected chi connectivity index (χ2v) is 7.13. The van der Waals surface area contributed by atoms with Gasteiger partial charge in [0.15, 0.2) is 5.92 Å². The third-order valence-electron chi connectivity index (χ3n) is 4.72. The van der Waals surface area contributed by atoms with Gasteiger partial charge in [0.1, 0.15) is 0 Å². The van der Waals surface area contributed by atoms with Crippen LogP contribution in [0.4, 0.5) is 0 Å². The van der Waals surface area contributed by atoms with Crippen LogP contribution in [-0.2, 0) is 38.1 Å². The highest BCUT2D eigenvalue weighted by atomic mass is 16.6. The van der Waals surface area contributed by atoms with Crippen molar-refractivity contribution in [1.29, 1.82) is 0 Å². The molecular weight excluding hydrogens is 458 g/mol. The summed E-state index contributed by atoms with van der Waals surface area (Å²) in [6.07, 6.45) is 2.37. The summed E-state index contributed by atoms with van der Waals surface area (Å²) in [6, 6.07) is 8.03. The summed E-state index contributed by atoms with van der Waals surface area (Å²) >= 11 is 0. The van der Waals surface area contributed by atoms with Gasteiger partial charge in [-0.25, -0.2) is 9.59 Å². The van der Waals surface area contributed by atoms with Crippen LogP contribution in [0.25, 0.3) is 0 Å². The van der Waals surface area contributed by atoms with Gasteiger partial charge in [-0.05, 0) is 46.2 Å². The quantitative estimate of drug-likeness (QED) is 0.180. The molecule has 0 heterocycles. The molecule has 0 radical (unpaired) electrons. The molecule has 35 heavy (non-hydrogen) atoms. The van der Waals surface area contributed by atoms with Crippen LogP contribution in [0.15, 0.2) is 42.5 Å². The van der Waals surface area contributed by atoms with Crippen LogP contribution in [0.5, 0.6) is 0 Å². The Labute approximate surface area is 204 Å². The van der Waals surface area contributed by atoms with Crippen molar-refractivity contribution in [2.24, 2.45) is 5.92 Å². The molecular formula is C25H33NO9. The Morgan fingerprint density at radius 2 is 1.26 bits per heavy atom. The summed E-state index contributed by atoms with van der Waals surface area (Å²) in [6.45, 7) is 6.42. The van der Waals surface area contributed by atoms with Crippen LogP contribution in [-0.4, -0.2) is 61.8 Å². The summed E-state index contributed by atoms with van der Waals surface area (Å²) in [5, 5.41) is 2.47. The number of ether oxygens (including phenoxy) is 4. The van der Waals surface area contributed by atoms with E-state index in [0.717, 1.165) is 0 Å². The average Bonchev–Trinajstić information content (AvgIpc) is 2.84. The van der Waals surface area contributed by atoms with E-state index in [1.165, 1.54) is 24.3 Å². The molecule has 0 atom stereocenters. The first-order chi connectivity index (χ1) is 16.8. The first-order valence-electron chi connectivity index (χ1n) is 11.5. The SMILES string of the molecule is CCOC(=O)C(C/C=C/CC(NC(=O)c1ccccc1)(C(=O)OCC)C(=O)OCC)C(=O)OCC. The van der Waals surface area contributed by atoms with E-state index >= 15 is 0 Å². The van der Waals surface area contributed by atoms with Gasteiger partial charge in [-0.1, -0.05) is 30.4 Å². The van der Waals surface area contributed by atoms with E-state index in [-0.39, 0.29) is 44.8 Å². The lowest BCUT2D eigenvalue weighted by Crippen LogP contribution is -2.61. The van der Waals surface area contributed by atoms with Gasteiger partial charge in [-0.2, -0.15) is 0 Å². The lowest BCUT2D eigenvalue weighted by Gasteiger charge is -2.29. The van der Waals surface area contributed by atoms with E-state index < -0.39 is 41.2 Å². The third-order valence-corrected chi connectivity index (χ3v) is 4.72. The Bertz CT molecular complexity index is 859. The van der Waals surface area contributed by atoms with Crippen molar-refractivity contribution in [2.45, 2.75) is 46.1 Å². The molecule has 0 unspecified atom stereocenters. The van der Waals surface area contributed by atoms with E-state index in [0.29, 0.717) is 0 Å². The van der Waals surface area contributed by atoms with Crippen molar-refractivity contribution in [1.82, 2.24) is 5.32 Å². The Morgan fingerprint density at radius 3 is 1.71 bits per heavy atom. The molecule has 0 aromatic heterocycles. The molecule has 1 aromatic carbocycles. The first kappa shape index (κ1) is 29.3. The molecule has 0 saturated heterocycles. The summed E-state index contributed by atoms with van der Waals surface area (Å²) in [5.74, 6) is -5.41. The fraction of sp³-hybridized carbons (Fsp3) is 0.480. The highest BCUT2D eigenvalue weighted by molar-refractivity contribution is 6.10. The first-order valence-corrected chi connectivity index (χ1v) is 11.5. The Hall–Kier alpha value is -3.69. The molecule has 10 nitrogen and oxygen atoms in total. The minimum Gasteiger partial charge on any atom is -0.465 e. The smallest absolute Gasteiger partial charge is 0.344 e. The number of hydrogen-bond acceptors (Lipinski definition) is 9. The number of nitrogens with one attached hydrogen (secondary N) is 1. The molecule has 192 valence electrons. The van der Waals surface area contributed by atoms with Crippen LogP contribution >= 0.6 is 0 Å². The standard InChI is InChI=1S/C25H33NO9/c1-5-32-21(28)19(22(29)33-6-2)16-12-13-17-25(23(30)34-7-3,24(31)35-8-4)26-20(27)18-14-10-9-11-15-18/h9-15,19H,5-8,16-17H2,1-4H3,(H,26,27)/b13-12+. The molecule has 10 heteroatoms. The molecule has 1 amide bonds. The van der Waals surface area contributed by atoms with Crippen molar-refractivity contribution in [3.63, 3.8) is 0 Å². The Kier molecular flexibility index (Phi) is 12.8. The molecule has 0 spiro atoms. The number of allylic oxidation sites excluding steroid dienone is 1. The molecule has 1 rings (SSSR count). The number of carbonyl (C=O) groups is 5. The topological polar surface area (TPSA) is 134 Å². The van der Waals surface area contributed by atoms with Gasteiger partial charge in [0, 0.05) is 12.0 Å². The van der Waals surface area contributed by atoms with Gasteiger partial charge in [0.05, 0.1) is 26.4 Å². The third kappa shape index (κ3) is 8.55. The molecule has 0 saturated carbocycles. The van der Waals surface area contributed by atoms with E-state index in [4.69, 9.17) is 18.9 Å². The maximum absolute atomic E-state index is 12.9. The predicted octanol–water partition coefficient (Wildman–Crippen LogP) is 2.36. The van der Waals surface area contributed by atoms with E-state index in [1.807, 2.05) is 0 Å². The second kappa shape index (κ2) is 15.3. The number of hydrogen-bond donors (Lipinski definition) is 1. The van der Waals surface area contributed by atoms with Crippen LogP contribution < -0.4 is 5.32 Å². The van der Waals surface area contributed by atoms with Crippen molar-refractivity contribution in [2.75, 3.05) is 26.4 Å². The average molecular weight is 492 g/mol. The zero-order valence-electron chi connectivity index (χ0n) is 20.5. The molecule has 0 fully saturated rings. The maximum atomic E-state index is 12.9. The van der Waals surface area contributed by atoms with Crippen LogP contribution in [0.2, 0.25) is 0 Å². The number of amides is 1. The lowest BCUT2D eigenvalue weighted by molar-refractivity contribution is -0.166. The summed E-state index contributed by atoms with van der Waals surface area (Å²) in [5.41, 5.74) is -1.96. The van der Waals surface area contributed by atoms with Crippen LogP contribution in [0.3, 0.4) is 0 Å². The number of esters is 4. The molecule has 0 bridgehead atoms. The zero-order valence-corrected chi connectivity index (χ0v) is 20.5. The van der Waals surface area contributed by atoms with Crippen molar-refractivity contribution in [3.8, 4) is 0 Å². The second-order valence-electron chi connectivity index (χ2n) is 7.13. The van der Waals surface area contributed by atoms with Gasteiger partial charge < -0.3 is 24.3 Å². The lowest BCUT2D eigenvalue weighted by atomic mass is 9.93. The fourth-order valence-corrected chi connectivity index (χ4v) is 3.03. The number of carbonyl (C=O) groups excluding carboxylic acids is 5. The Balaban J connectivity index is 3.25. The van der Waals surface area contributed by atoms with Gasteiger partial charge >= 0.3 is 23.9 Å². The predicted molar refractivity (Wildman–Crippen MR) is 125 cm³/mol. The molecule has 1 N–H and O–H groups in total. The van der Waals surface area contributed by atoms with Crippen LogP contribution in [0.1, 0.15) is 50.9 Å². The van der Waals surface area contributed by atoms with Gasteiger partial charge in [0.25, 0.3) is 5.91 Å². The largest absolute Gasteiger partial charge is 0.465 e. The van der Waals surface area contributed by atoms with Crippen LogP contribution in [0, 0.1) is 5.92 Å². The molecule has 0 aliphatic rings. The molecule has 0 aliphatic carbocycles. The summed E-state index contributed by atoms with van der Waals surface area (Å²) in [7, 11) is 0. The van der Waals surface area contributed by atoms with Crippen molar-refractivity contribution in [3.05, 3.63) is 48.0 Å². The van der Waals surface area contributed by atoms with Gasteiger partial charge in [0.2, 0.25) is 5.54 Å². The number of benzene rings is 1. The monoisotopic (exact) mass is 491 g/mol. The van der Waals surface area contributed by atoms with E-state index in [9.17, 15) is 24.0 Å². The molecule has 1 aromatic rings. The van der Waals surface area contributed by atoms with Gasteiger partial charge in [-0.15, -0.1) is 0 Å². The fourth-order valence-electron chi connectivity index (χ4n) is 3.03. The normalized spacial score (nSPS) is 11.1.